The van der Waals surface area contributed by atoms with Crippen LogP contribution in [0.3, 0.4) is 0 Å². The minimum absolute atomic E-state index is 0.0177. The number of hydrogen-bond acceptors (Lipinski definition) is 3. The smallest absolute Gasteiger partial charge is 0.325 e. The zero-order valence-electron chi connectivity index (χ0n) is 15.2. The van der Waals surface area contributed by atoms with Crippen LogP contribution in [0.15, 0.2) is 24.3 Å². The minimum Gasteiger partial charge on any atom is -0.336 e. The average Bonchev–Trinajstić information content (AvgIpc) is 2.71. The third kappa shape index (κ3) is 3.63. The van der Waals surface area contributed by atoms with Gasteiger partial charge >= 0.3 is 6.03 Å². The van der Waals surface area contributed by atoms with Crippen molar-refractivity contribution < 1.29 is 14.4 Å². The van der Waals surface area contributed by atoms with Crippen LogP contribution in [-0.4, -0.2) is 46.3 Å². The van der Waals surface area contributed by atoms with Gasteiger partial charge in [-0.15, -0.1) is 0 Å². The molecule has 1 aromatic rings. The van der Waals surface area contributed by atoms with Crippen molar-refractivity contribution in [3.63, 3.8) is 0 Å². The van der Waals surface area contributed by atoms with E-state index in [1.54, 1.807) is 36.1 Å². The van der Waals surface area contributed by atoms with E-state index >= 15 is 0 Å². The lowest BCUT2D eigenvalue weighted by Crippen LogP contribution is -2.49. The lowest BCUT2D eigenvalue weighted by molar-refractivity contribution is -0.141. The molecule has 1 aromatic carbocycles. The van der Waals surface area contributed by atoms with E-state index in [-0.39, 0.29) is 24.5 Å². The second kappa shape index (κ2) is 7.04. The lowest BCUT2D eigenvalue weighted by Gasteiger charge is -2.32. The highest BCUT2D eigenvalue weighted by Gasteiger charge is 2.49. The molecule has 6 nitrogen and oxygen atoms in total. The van der Waals surface area contributed by atoms with Gasteiger partial charge in [-0.25, -0.2) is 4.79 Å². The quantitative estimate of drug-likeness (QED) is 0.816. The summed E-state index contributed by atoms with van der Waals surface area (Å²) in [5.74, 6) is -0.700. The molecule has 1 saturated heterocycles. The number of carbonyl (C=O) groups excluding carboxylic acids is 3. The van der Waals surface area contributed by atoms with E-state index in [4.69, 9.17) is 11.6 Å². The van der Waals surface area contributed by atoms with Gasteiger partial charge < -0.3 is 10.2 Å². The first-order valence-corrected chi connectivity index (χ1v) is 8.67. The van der Waals surface area contributed by atoms with Gasteiger partial charge in [-0.1, -0.05) is 23.7 Å². The third-order valence-corrected chi connectivity index (χ3v) is 4.64. The minimum atomic E-state index is -1.21. The van der Waals surface area contributed by atoms with Gasteiger partial charge in [0, 0.05) is 17.1 Å². The Kier molecular flexibility index (Phi) is 5.42. The van der Waals surface area contributed by atoms with Gasteiger partial charge in [0.2, 0.25) is 5.91 Å². The van der Waals surface area contributed by atoms with Crippen molar-refractivity contribution in [2.45, 2.75) is 52.2 Å². The first-order chi connectivity index (χ1) is 11.6. The average molecular weight is 366 g/mol. The molecule has 0 aromatic heterocycles. The summed E-state index contributed by atoms with van der Waals surface area (Å²) in [6.07, 6.45) is 0. The molecule has 1 heterocycles. The van der Waals surface area contributed by atoms with Gasteiger partial charge in [-0.05, 0) is 52.3 Å². The van der Waals surface area contributed by atoms with Crippen LogP contribution >= 0.6 is 11.6 Å². The van der Waals surface area contributed by atoms with Gasteiger partial charge in [0.25, 0.3) is 5.91 Å². The summed E-state index contributed by atoms with van der Waals surface area (Å²) in [7, 11) is 0. The van der Waals surface area contributed by atoms with Crippen molar-refractivity contribution in [2.24, 2.45) is 0 Å². The number of amides is 4. The van der Waals surface area contributed by atoms with E-state index in [2.05, 4.69) is 5.32 Å². The van der Waals surface area contributed by atoms with Crippen LogP contribution in [0, 0.1) is 0 Å². The molecule has 25 heavy (non-hydrogen) atoms. The van der Waals surface area contributed by atoms with Gasteiger partial charge in [0.15, 0.2) is 0 Å². The Morgan fingerprint density at radius 1 is 1.16 bits per heavy atom. The van der Waals surface area contributed by atoms with E-state index < -0.39 is 17.5 Å². The van der Waals surface area contributed by atoms with Crippen LogP contribution in [0.2, 0.25) is 5.02 Å². The largest absolute Gasteiger partial charge is 0.336 e. The summed E-state index contributed by atoms with van der Waals surface area (Å²) in [6.45, 7) is 8.97. The molecule has 1 aliphatic heterocycles. The van der Waals surface area contributed by atoms with Crippen molar-refractivity contribution >= 4 is 29.4 Å². The Hall–Kier alpha value is -2.08. The standard InChI is InChI=1S/C18H24ClN3O3/c1-11(2)22(12(3)4)15(23)10-21-16(24)18(5,20-17(21)25)13-6-8-14(19)9-7-13/h6-9,11-12H,10H2,1-5H3,(H,20,25)/t18-/m0/s1. The molecule has 1 N–H and O–H groups in total. The summed E-state index contributed by atoms with van der Waals surface area (Å²) in [6, 6.07) is 6.11. The highest BCUT2D eigenvalue weighted by Crippen LogP contribution is 2.29. The van der Waals surface area contributed by atoms with Crippen molar-refractivity contribution in [3.05, 3.63) is 34.9 Å². The normalized spacial score (nSPS) is 20.4. The van der Waals surface area contributed by atoms with Gasteiger partial charge in [-0.3, -0.25) is 14.5 Å². The number of halogens is 1. The maximum absolute atomic E-state index is 12.9. The van der Waals surface area contributed by atoms with Gasteiger partial charge in [0.1, 0.15) is 12.1 Å². The van der Waals surface area contributed by atoms with Gasteiger partial charge in [0.05, 0.1) is 0 Å². The molecule has 0 unspecified atom stereocenters. The first-order valence-electron chi connectivity index (χ1n) is 8.29. The van der Waals surface area contributed by atoms with Crippen molar-refractivity contribution in [1.82, 2.24) is 15.1 Å². The number of nitrogens with zero attached hydrogens (tertiary/aromatic N) is 2. The van der Waals surface area contributed by atoms with Crippen LogP contribution in [0.4, 0.5) is 4.79 Å². The topological polar surface area (TPSA) is 69.7 Å². The highest BCUT2D eigenvalue weighted by atomic mass is 35.5. The van der Waals surface area contributed by atoms with E-state index in [1.807, 2.05) is 27.7 Å². The predicted octanol–water partition coefficient (Wildman–Crippen LogP) is 2.75. The second-order valence-corrected chi connectivity index (χ2v) is 7.38. The van der Waals surface area contributed by atoms with E-state index in [9.17, 15) is 14.4 Å². The Morgan fingerprint density at radius 3 is 2.16 bits per heavy atom. The van der Waals surface area contributed by atoms with Crippen LogP contribution in [-0.2, 0) is 15.1 Å². The zero-order valence-corrected chi connectivity index (χ0v) is 15.9. The molecule has 0 saturated carbocycles. The molecular formula is C18H24ClN3O3. The molecule has 136 valence electrons. The number of urea groups is 1. The number of carbonyl (C=O) groups is 3. The van der Waals surface area contributed by atoms with Crippen molar-refractivity contribution in [2.75, 3.05) is 6.54 Å². The third-order valence-electron chi connectivity index (χ3n) is 4.39. The molecule has 0 bridgehead atoms. The molecular weight excluding hydrogens is 342 g/mol. The SMILES string of the molecule is CC(C)N(C(=O)CN1C(=O)N[C@@](C)(c2ccc(Cl)cc2)C1=O)C(C)C. The fourth-order valence-electron chi connectivity index (χ4n) is 3.21. The molecule has 2 rings (SSSR count). The fraction of sp³-hybridized carbons (Fsp3) is 0.500. The first kappa shape index (κ1) is 19.2. The van der Waals surface area contributed by atoms with Crippen LogP contribution < -0.4 is 5.32 Å². The Balaban J connectivity index is 2.24. The number of imide groups is 1. The molecule has 1 fully saturated rings. The monoisotopic (exact) mass is 365 g/mol. The Labute approximate surface area is 153 Å². The van der Waals surface area contributed by atoms with E-state index in [0.29, 0.717) is 10.6 Å². The highest BCUT2D eigenvalue weighted by molar-refractivity contribution is 6.30. The number of rotatable bonds is 5. The lowest BCUT2D eigenvalue weighted by atomic mass is 9.92. The van der Waals surface area contributed by atoms with Gasteiger partial charge in [-0.2, -0.15) is 0 Å². The Morgan fingerprint density at radius 2 is 1.68 bits per heavy atom. The number of nitrogens with one attached hydrogen (secondary N) is 1. The number of benzene rings is 1. The molecule has 0 aliphatic carbocycles. The second-order valence-electron chi connectivity index (χ2n) is 6.94. The van der Waals surface area contributed by atoms with E-state index in [1.165, 1.54) is 0 Å². The van der Waals surface area contributed by atoms with Crippen LogP contribution in [0.25, 0.3) is 0 Å². The summed E-state index contributed by atoms with van der Waals surface area (Å²) < 4.78 is 0. The number of hydrogen-bond donors (Lipinski definition) is 1. The molecule has 0 spiro atoms. The molecule has 7 heteroatoms. The molecule has 1 aliphatic rings. The van der Waals surface area contributed by atoms with Crippen molar-refractivity contribution in [1.29, 1.82) is 0 Å². The summed E-state index contributed by atoms with van der Waals surface area (Å²) in [5.41, 5.74) is -0.586. The maximum atomic E-state index is 12.9. The fourth-order valence-corrected chi connectivity index (χ4v) is 3.33. The predicted molar refractivity (Wildman–Crippen MR) is 96.2 cm³/mol. The van der Waals surface area contributed by atoms with Crippen LogP contribution in [0.5, 0.6) is 0 Å². The van der Waals surface area contributed by atoms with Crippen LogP contribution in [0.1, 0.15) is 40.2 Å². The summed E-state index contributed by atoms with van der Waals surface area (Å²) in [4.78, 5) is 40.4. The Bertz CT molecular complexity index is 679. The van der Waals surface area contributed by atoms with Crippen molar-refractivity contribution in [3.8, 4) is 0 Å². The summed E-state index contributed by atoms with van der Waals surface area (Å²) >= 11 is 5.89. The van der Waals surface area contributed by atoms with E-state index in [0.717, 1.165) is 4.90 Å². The molecule has 4 amide bonds. The molecule has 0 radical (unpaired) electrons. The maximum Gasteiger partial charge on any atom is 0.325 e. The zero-order chi connectivity index (χ0) is 18.9. The molecule has 1 atom stereocenters. The summed E-state index contributed by atoms with van der Waals surface area (Å²) in [5, 5.41) is 3.23.